The van der Waals surface area contributed by atoms with Gasteiger partial charge in [0.05, 0.1) is 5.56 Å². The molecule has 0 radical (unpaired) electrons. The zero-order valence-corrected chi connectivity index (χ0v) is 10.0. The maximum absolute atomic E-state index is 13.4. The lowest BCUT2D eigenvalue weighted by molar-refractivity contribution is 0.0968. The molecule has 1 heterocycles. The average Bonchev–Trinajstić information content (AvgIpc) is 2.30. The van der Waals surface area contributed by atoms with Crippen LogP contribution in [0.2, 0.25) is 0 Å². The molecule has 1 aromatic carbocycles. The van der Waals surface area contributed by atoms with E-state index >= 15 is 0 Å². The quantitative estimate of drug-likeness (QED) is 0.842. The normalized spacial score (nSPS) is 20.2. The highest BCUT2D eigenvalue weighted by Gasteiger charge is 2.19. The molecule has 0 aliphatic carbocycles. The van der Waals surface area contributed by atoms with Crippen LogP contribution < -0.4 is 5.32 Å². The van der Waals surface area contributed by atoms with Crippen LogP contribution in [-0.4, -0.2) is 29.9 Å². The molecule has 1 fully saturated rings. The van der Waals surface area contributed by atoms with Crippen molar-refractivity contribution in [1.82, 2.24) is 5.32 Å². The second-order valence-corrected chi connectivity index (χ2v) is 5.13. The first-order chi connectivity index (χ1) is 8.16. The molecule has 0 amide bonds. The highest BCUT2D eigenvalue weighted by Crippen LogP contribution is 2.16. The van der Waals surface area contributed by atoms with E-state index in [-0.39, 0.29) is 23.8 Å². The Hall–Kier alpha value is -0.940. The molecule has 1 atom stereocenters. The number of carbonyl (C=O) groups excluding carboxylic acids is 1. The van der Waals surface area contributed by atoms with E-state index in [9.17, 15) is 13.6 Å². The summed E-state index contributed by atoms with van der Waals surface area (Å²) in [5.41, 5.74) is -0.0243. The molecule has 17 heavy (non-hydrogen) atoms. The number of Topliss-reactive ketones (excluding diaryl/α,β-unsaturated/α-hetero) is 1. The van der Waals surface area contributed by atoms with Crippen molar-refractivity contribution in [3.63, 3.8) is 0 Å². The Morgan fingerprint density at radius 3 is 2.94 bits per heavy atom. The van der Waals surface area contributed by atoms with Gasteiger partial charge in [0, 0.05) is 36.6 Å². The number of halogens is 2. The van der Waals surface area contributed by atoms with Crippen LogP contribution in [0.1, 0.15) is 16.8 Å². The first-order valence-corrected chi connectivity index (χ1v) is 6.61. The summed E-state index contributed by atoms with van der Waals surface area (Å²) in [7, 11) is 0. The third kappa shape index (κ3) is 3.26. The number of ketones is 1. The monoisotopic (exact) mass is 257 g/mol. The van der Waals surface area contributed by atoms with E-state index < -0.39 is 11.6 Å². The summed E-state index contributed by atoms with van der Waals surface area (Å²) in [4.78, 5) is 11.8. The SMILES string of the molecule is O=C(CC1CSCCN1)c1ccc(F)cc1F. The van der Waals surface area contributed by atoms with Crippen LogP contribution >= 0.6 is 11.8 Å². The molecule has 2 rings (SSSR count). The molecule has 0 spiro atoms. The molecule has 2 nitrogen and oxygen atoms in total. The summed E-state index contributed by atoms with van der Waals surface area (Å²) in [6.45, 7) is 0.870. The number of carbonyl (C=O) groups is 1. The molecule has 92 valence electrons. The van der Waals surface area contributed by atoms with Crippen LogP contribution in [0.15, 0.2) is 18.2 Å². The minimum absolute atomic E-state index is 0.0243. The van der Waals surface area contributed by atoms with Crippen molar-refractivity contribution in [3.8, 4) is 0 Å². The summed E-state index contributed by atoms with van der Waals surface area (Å²) in [5.74, 6) is 0.177. The van der Waals surface area contributed by atoms with Crippen LogP contribution in [0.5, 0.6) is 0 Å². The van der Waals surface area contributed by atoms with Gasteiger partial charge < -0.3 is 5.32 Å². The van der Waals surface area contributed by atoms with Crippen molar-refractivity contribution < 1.29 is 13.6 Å². The van der Waals surface area contributed by atoms with Crippen LogP contribution in [-0.2, 0) is 0 Å². The van der Waals surface area contributed by atoms with Crippen LogP contribution in [0.3, 0.4) is 0 Å². The molecule has 1 aliphatic heterocycles. The fourth-order valence-corrected chi connectivity index (χ4v) is 2.75. The summed E-state index contributed by atoms with van der Waals surface area (Å²) in [5, 5.41) is 3.21. The second kappa shape index (κ2) is 5.60. The minimum atomic E-state index is -0.779. The van der Waals surface area contributed by atoms with E-state index in [1.165, 1.54) is 6.07 Å². The van der Waals surface area contributed by atoms with Gasteiger partial charge >= 0.3 is 0 Å². The molecule has 1 saturated heterocycles. The zero-order chi connectivity index (χ0) is 12.3. The number of rotatable bonds is 3. The largest absolute Gasteiger partial charge is 0.312 e. The van der Waals surface area contributed by atoms with E-state index in [1.54, 1.807) is 11.8 Å². The van der Waals surface area contributed by atoms with Gasteiger partial charge in [0.25, 0.3) is 0 Å². The first-order valence-electron chi connectivity index (χ1n) is 5.46. The predicted octanol–water partition coefficient (Wildman–Crippen LogP) is 2.24. The van der Waals surface area contributed by atoms with Gasteiger partial charge in [-0.2, -0.15) is 11.8 Å². The van der Waals surface area contributed by atoms with E-state index in [0.29, 0.717) is 0 Å². The number of hydrogen-bond donors (Lipinski definition) is 1. The van der Waals surface area contributed by atoms with Crippen molar-refractivity contribution in [2.45, 2.75) is 12.5 Å². The standard InChI is InChI=1S/C12H13F2NOS/c13-8-1-2-10(11(14)5-8)12(16)6-9-7-17-4-3-15-9/h1-2,5,9,15H,3-4,6-7H2. The molecule has 1 unspecified atom stereocenters. The maximum atomic E-state index is 13.4. The molecule has 1 aromatic rings. The Kier molecular flexibility index (Phi) is 4.12. The lowest BCUT2D eigenvalue weighted by atomic mass is 10.0. The smallest absolute Gasteiger partial charge is 0.167 e. The average molecular weight is 257 g/mol. The van der Waals surface area contributed by atoms with Gasteiger partial charge in [-0.25, -0.2) is 8.78 Å². The Labute approximate surface area is 103 Å². The molecule has 0 saturated carbocycles. The number of thioether (sulfide) groups is 1. The molecule has 1 N–H and O–H groups in total. The molecular formula is C12H13F2NOS. The topological polar surface area (TPSA) is 29.1 Å². The lowest BCUT2D eigenvalue weighted by Gasteiger charge is -2.22. The predicted molar refractivity (Wildman–Crippen MR) is 64.4 cm³/mol. The van der Waals surface area contributed by atoms with Gasteiger partial charge in [0.2, 0.25) is 0 Å². The van der Waals surface area contributed by atoms with Crippen molar-refractivity contribution >= 4 is 17.5 Å². The van der Waals surface area contributed by atoms with E-state index in [4.69, 9.17) is 0 Å². The summed E-state index contributed by atoms with van der Waals surface area (Å²) in [6.07, 6.45) is 0.259. The van der Waals surface area contributed by atoms with Crippen molar-refractivity contribution in [2.75, 3.05) is 18.1 Å². The van der Waals surface area contributed by atoms with Crippen LogP contribution in [0, 0.1) is 11.6 Å². The summed E-state index contributed by atoms with van der Waals surface area (Å²) < 4.78 is 26.1. The van der Waals surface area contributed by atoms with Crippen molar-refractivity contribution in [1.29, 1.82) is 0 Å². The number of nitrogens with one attached hydrogen (secondary N) is 1. The highest BCUT2D eigenvalue weighted by molar-refractivity contribution is 7.99. The zero-order valence-electron chi connectivity index (χ0n) is 9.21. The number of hydrogen-bond acceptors (Lipinski definition) is 3. The molecule has 0 bridgehead atoms. The third-order valence-corrected chi connectivity index (χ3v) is 3.79. The summed E-state index contributed by atoms with van der Waals surface area (Å²) in [6, 6.07) is 3.16. The van der Waals surface area contributed by atoms with Crippen LogP contribution in [0.25, 0.3) is 0 Å². The fraction of sp³-hybridized carbons (Fsp3) is 0.417. The second-order valence-electron chi connectivity index (χ2n) is 3.98. The lowest BCUT2D eigenvalue weighted by Crippen LogP contribution is -2.39. The maximum Gasteiger partial charge on any atom is 0.167 e. The van der Waals surface area contributed by atoms with Gasteiger partial charge in [0.15, 0.2) is 5.78 Å². The third-order valence-electron chi connectivity index (χ3n) is 2.66. The minimum Gasteiger partial charge on any atom is -0.312 e. The Morgan fingerprint density at radius 1 is 1.47 bits per heavy atom. The van der Waals surface area contributed by atoms with E-state index in [1.807, 2.05) is 0 Å². The first kappa shape index (κ1) is 12.5. The van der Waals surface area contributed by atoms with Crippen molar-refractivity contribution in [3.05, 3.63) is 35.4 Å². The Bertz CT molecular complexity index is 419. The van der Waals surface area contributed by atoms with Gasteiger partial charge in [0.1, 0.15) is 11.6 Å². The number of benzene rings is 1. The van der Waals surface area contributed by atoms with E-state index in [2.05, 4.69) is 5.32 Å². The van der Waals surface area contributed by atoms with Gasteiger partial charge in [-0.3, -0.25) is 4.79 Å². The molecule has 1 aliphatic rings. The molecule has 5 heteroatoms. The fourth-order valence-electron chi connectivity index (χ4n) is 1.80. The highest BCUT2D eigenvalue weighted by atomic mass is 32.2. The Morgan fingerprint density at radius 2 is 2.29 bits per heavy atom. The van der Waals surface area contributed by atoms with Crippen LogP contribution in [0.4, 0.5) is 8.78 Å². The molecular weight excluding hydrogens is 244 g/mol. The van der Waals surface area contributed by atoms with Crippen molar-refractivity contribution in [2.24, 2.45) is 0 Å². The summed E-state index contributed by atoms with van der Waals surface area (Å²) >= 11 is 1.78. The Balaban J connectivity index is 2.03. The van der Waals surface area contributed by atoms with Gasteiger partial charge in [-0.15, -0.1) is 0 Å². The molecule has 0 aromatic heterocycles. The van der Waals surface area contributed by atoms with Gasteiger partial charge in [-0.1, -0.05) is 0 Å². The van der Waals surface area contributed by atoms with Gasteiger partial charge in [-0.05, 0) is 12.1 Å². The van der Waals surface area contributed by atoms with E-state index in [0.717, 1.165) is 30.2 Å².